The van der Waals surface area contributed by atoms with Crippen LogP contribution in [0.2, 0.25) is 0 Å². The average Bonchev–Trinajstić information content (AvgIpc) is 2.62. The monoisotopic (exact) mass is 320 g/mol. The third-order valence-corrected chi connectivity index (χ3v) is 4.66. The smallest absolute Gasteiger partial charge is 0.0178 e. The van der Waals surface area contributed by atoms with Gasteiger partial charge in [0.1, 0.15) is 0 Å². The van der Waals surface area contributed by atoms with Crippen molar-refractivity contribution in [3.8, 4) is 0 Å². The van der Waals surface area contributed by atoms with Crippen LogP contribution < -0.4 is 0 Å². The fraction of sp³-hybridized carbons (Fsp3) is 0.417. The maximum atomic E-state index is 2.32. The molecule has 2 rings (SSSR count). The zero-order chi connectivity index (χ0) is 17.0. The summed E-state index contributed by atoms with van der Waals surface area (Å²) in [5.74, 6) is 0. The van der Waals surface area contributed by atoms with Gasteiger partial charge in [0.15, 0.2) is 0 Å². The Morgan fingerprint density at radius 2 is 1.54 bits per heavy atom. The van der Waals surface area contributed by atoms with Crippen molar-refractivity contribution in [2.24, 2.45) is 0 Å². The van der Waals surface area contributed by atoms with Gasteiger partial charge in [0, 0.05) is 0 Å². The minimum atomic E-state index is 1.20. The van der Waals surface area contributed by atoms with Crippen molar-refractivity contribution in [3.63, 3.8) is 0 Å². The van der Waals surface area contributed by atoms with Gasteiger partial charge in [-0.15, -0.1) is 0 Å². The van der Waals surface area contributed by atoms with E-state index >= 15 is 0 Å². The fourth-order valence-corrected chi connectivity index (χ4v) is 3.06. The molecule has 0 saturated heterocycles. The van der Waals surface area contributed by atoms with Crippen LogP contribution in [0.5, 0.6) is 0 Å². The highest BCUT2D eigenvalue weighted by atomic mass is 14.0. The number of rotatable bonds is 10. The Morgan fingerprint density at radius 3 is 2.33 bits per heavy atom. The maximum absolute atomic E-state index is 2.32. The summed E-state index contributed by atoms with van der Waals surface area (Å²) in [6.45, 7) is 4.47. The van der Waals surface area contributed by atoms with E-state index in [0.29, 0.717) is 0 Å². The predicted molar refractivity (Wildman–Crippen MR) is 109 cm³/mol. The number of hydrogen-bond donors (Lipinski definition) is 0. The molecule has 0 heterocycles. The Labute approximate surface area is 148 Å². The van der Waals surface area contributed by atoms with E-state index in [1.54, 1.807) is 0 Å². The molecule has 2 aromatic carbocycles. The first-order valence-electron chi connectivity index (χ1n) is 9.64. The molecule has 0 unspecified atom stereocenters. The molecule has 24 heavy (non-hydrogen) atoms. The summed E-state index contributed by atoms with van der Waals surface area (Å²) in [4.78, 5) is 0. The van der Waals surface area contributed by atoms with Crippen molar-refractivity contribution in [2.45, 2.75) is 65.2 Å². The van der Waals surface area contributed by atoms with Crippen LogP contribution in [0.4, 0.5) is 0 Å². The predicted octanol–water partition coefficient (Wildman–Crippen LogP) is 7.94. The first-order chi connectivity index (χ1) is 11.8. The molecule has 0 radical (unpaired) electrons. The van der Waals surface area contributed by atoms with Crippen LogP contribution in [0.15, 0.2) is 60.7 Å². The van der Waals surface area contributed by atoms with Crippen LogP contribution in [0.25, 0.3) is 16.3 Å². The largest absolute Gasteiger partial charge is 0.0845 e. The maximum Gasteiger partial charge on any atom is -0.0178 e. The van der Waals surface area contributed by atoms with Gasteiger partial charge in [-0.2, -0.15) is 0 Å². The average molecular weight is 321 g/mol. The van der Waals surface area contributed by atoms with E-state index in [1.165, 1.54) is 73.3 Å². The second-order valence-corrected chi connectivity index (χ2v) is 6.75. The van der Waals surface area contributed by atoms with Gasteiger partial charge in [-0.3, -0.25) is 0 Å². The Morgan fingerprint density at radius 1 is 0.833 bits per heavy atom. The van der Waals surface area contributed by atoms with E-state index in [9.17, 15) is 0 Å². The highest BCUT2D eigenvalue weighted by Crippen LogP contribution is 2.21. The van der Waals surface area contributed by atoms with Crippen molar-refractivity contribution < 1.29 is 0 Å². The molecule has 0 aromatic heterocycles. The lowest BCUT2D eigenvalue weighted by Crippen LogP contribution is -1.80. The van der Waals surface area contributed by atoms with Crippen LogP contribution in [-0.4, -0.2) is 0 Å². The van der Waals surface area contributed by atoms with Crippen LogP contribution in [-0.2, 0) is 0 Å². The summed E-state index contributed by atoms with van der Waals surface area (Å²) in [6, 6.07) is 15.3. The molecule has 2 aromatic rings. The van der Waals surface area contributed by atoms with E-state index in [1.807, 2.05) is 0 Å². The third-order valence-electron chi connectivity index (χ3n) is 4.66. The van der Waals surface area contributed by atoms with Crippen molar-refractivity contribution in [1.82, 2.24) is 0 Å². The summed E-state index contributed by atoms with van der Waals surface area (Å²) in [5, 5.41) is 2.62. The lowest BCUT2D eigenvalue weighted by molar-refractivity contribution is 0.592. The van der Waals surface area contributed by atoms with Gasteiger partial charge in [-0.1, -0.05) is 100 Å². The van der Waals surface area contributed by atoms with Gasteiger partial charge in [0.05, 0.1) is 0 Å². The van der Waals surface area contributed by atoms with E-state index < -0.39 is 0 Å². The normalized spacial score (nSPS) is 12.3. The first kappa shape index (κ1) is 18.5. The molecule has 0 atom stereocenters. The van der Waals surface area contributed by atoms with Crippen molar-refractivity contribution in [2.75, 3.05) is 0 Å². The van der Waals surface area contributed by atoms with E-state index in [2.05, 4.69) is 74.5 Å². The molecule has 0 bridgehead atoms. The third kappa shape index (κ3) is 6.35. The molecule has 0 saturated carbocycles. The molecule has 0 spiro atoms. The van der Waals surface area contributed by atoms with Gasteiger partial charge in [-0.25, -0.2) is 0 Å². The Bertz CT molecular complexity index is 661. The fourth-order valence-electron chi connectivity index (χ4n) is 3.06. The molecule has 0 nitrogen and oxygen atoms in total. The quantitative estimate of drug-likeness (QED) is 0.308. The lowest BCUT2D eigenvalue weighted by Gasteiger charge is -2.03. The van der Waals surface area contributed by atoms with Gasteiger partial charge in [0.2, 0.25) is 0 Å². The van der Waals surface area contributed by atoms with Crippen LogP contribution in [0.3, 0.4) is 0 Å². The molecular weight excluding hydrogens is 288 g/mol. The second kappa shape index (κ2) is 10.9. The highest BCUT2D eigenvalue weighted by molar-refractivity contribution is 5.86. The minimum Gasteiger partial charge on any atom is -0.0845 e. The summed E-state index contributed by atoms with van der Waals surface area (Å²) in [6.07, 6.45) is 17.7. The SMILES string of the molecule is CCCCCCCCC/C=C/C=C(\C)c1ccc2ccccc2c1. The van der Waals surface area contributed by atoms with E-state index in [4.69, 9.17) is 0 Å². The van der Waals surface area contributed by atoms with Crippen LogP contribution in [0, 0.1) is 0 Å². The first-order valence-corrected chi connectivity index (χ1v) is 9.64. The molecular formula is C24H32. The van der Waals surface area contributed by atoms with E-state index in [-0.39, 0.29) is 0 Å². The summed E-state index contributed by atoms with van der Waals surface area (Å²) in [5.41, 5.74) is 2.64. The van der Waals surface area contributed by atoms with Gasteiger partial charge in [0.25, 0.3) is 0 Å². The molecule has 0 N–H and O–H groups in total. The van der Waals surface area contributed by atoms with E-state index in [0.717, 1.165) is 0 Å². The molecule has 0 heteroatoms. The molecule has 0 aliphatic rings. The highest BCUT2D eigenvalue weighted by Gasteiger charge is 1.97. The zero-order valence-corrected chi connectivity index (χ0v) is 15.4. The molecule has 0 aliphatic heterocycles. The summed E-state index contributed by atoms with van der Waals surface area (Å²) in [7, 11) is 0. The second-order valence-electron chi connectivity index (χ2n) is 6.75. The van der Waals surface area contributed by atoms with Gasteiger partial charge >= 0.3 is 0 Å². The topological polar surface area (TPSA) is 0 Å². The Balaban J connectivity index is 1.74. The van der Waals surface area contributed by atoms with Gasteiger partial charge in [-0.05, 0) is 47.7 Å². The Hall–Kier alpha value is -1.82. The number of hydrogen-bond acceptors (Lipinski definition) is 0. The number of benzene rings is 2. The van der Waals surface area contributed by atoms with Crippen LogP contribution in [0.1, 0.15) is 70.8 Å². The molecule has 0 aliphatic carbocycles. The van der Waals surface area contributed by atoms with Crippen molar-refractivity contribution in [3.05, 3.63) is 66.3 Å². The summed E-state index contributed by atoms with van der Waals surface area (Å²) >= 11 is 0. The van der Waals surface area contributed by atoms with Crippen LogP contribution >= 0.6 is 0 Å². The molecule has 128 valence electrons. The number of unbranched alkanes of at least 4 members (excludes halogenated alkanes) is 7. The molecule has 0 amide bonds. The summed E-state index contributed by atoms with van der Waals surface area (Å²) < 4.78 is 0. The van der Waals surface area contributed by atoms with Gasteiger partial charge < -0.3 is 0 Å². The van der Waals surface area contributed by atoms with Crippen molar-refractivity contribution >= 4 is 16.3 Å². The zero-order valence-electron chi connectivity index (χ0n) is 15.4. The lowest BCUT2D eigenvalue weighted by atomic mass is 10.0. The number of fused-ring (bicyclic) bond motifs is 1. The van der Waals surface area contributed by atoms with Crippen molar-refractivity contribution in [1.29, 1.82) is 0 Å². The molecule has 0 fully saturated rings. The standard InChI is InChI=1S/C24H32/c1-3-4-5-6-7-8-9-10-11-12-15-21(2)23-19-18-22-16-13-14-17-24(22)20-23/h11-20H,3-10H2,1-2H3/b12-11+,21-15+. The Kier molecular flexibility index (Phi) is 8.38. The minimum absolute atomic E-state index is 1.20. The number of allylic oxidation sites excluding steroid dienone is 4.